The first kappa shape index (κ1) is 22.0. The molecule has 0 amide bonds. The van der Waals surface area contributed by atoms with Gasteiger partial charge in [0.1, 0.15) is 0 Å². The summed E-state index contributed by atoms with van der Waals surface area (Å²) >= 11 is 0. The fourth-order valence-corrected chi connectivity index (χ4v) is 3.61. The maximum absolute atomic E-state index is 12.5. The monoisotopic (exact) mass is 443 g/mol. The first-order valence-electron chi connectivity index (χ1n) is 9.18. The predicted molar refractivity (Wildman–Crippen MR) is 114 cm³/mol. The molecule has 162 valence electrons. The number of azo groups is 1. The summed E-state index contributed by atoms with van der Waals surface area (Å²) in [6.45, 7) is 3.84. The average Bonchev–Trinajstić information content (AvgIpc) is 2.74. The fraction of sp³-hybridized carbons (Fsp3) is 0.200. The third kappa shape index (κ3) is 5.25. The lowest BCUT2D eigenvalue weighted by molar-refractivity contribution is 0.392. The first-order valence-corrected chi connectivity index (χ1v) is 10.7. The van der Waals surface area contributed by atoms with Crippen molar-refractivity contribution >= 4 is 27.2 Å². The molecule has 0 aliphatic rings. The van der Waals surface area contributed by atoms with Crippen LogP contribution in [0, 0.1) is 0 Å². The summed E-state index contributed by atoms with van der Waals surface area (Å²) in [4.78, 5) is 0.00853. The summed E-state index contributed by atoms with van der Waals surface area (Å²) in [5.74, 6) is -0.169. The molecule has 0 saturated carbocycles. The van der Waals surface area contributed by atoms with E-state index in [0.717, 1.165) is 0 Å². The lowest BCUT2D eigenvalue weighted by atomic mass is 10.0. The quantitative estimate of drug-likeness (QED) is 0.365. The molecule has 31 heavy (non-hydrogen) atoms. The van der Waals surface area contributed by atoms with Crippen molar-refractivity contribution in [1.29, 1.82) is 0 Å². The number of hydrogen-bond acceptors (Lipinski definition) is 9. The molecule has 0 fully saturated rings. The number of phenolic OH excluding ortho intramolecular Hbond substituents is 2. The van der Waals surface area contributed by atoms with Gasteiger partial charge in [-0.25, -0.2) is 8.42 Å². The summed E-state index contributed by atoms with van der Waals surface area (Å²) < 4.78 is 32.3. The second-order valence-electron chi connectivity index (χ2n) is 6.81. The topological polar surface area (TPSA) is 146 Å². The normalized spacial score (nSPS) is 11.7. The van der Waals surface area contributed by atoms with E-state index in [9.17, 15) is 18.6 Å². The molecule has 0 aliphatic carbocycles. The SMILES string of the molecule is COc1ccc(NS(=O)(=O)c2ccc(N=Nc3cc(O)c(O)cc3C(C)C)cc2)nn1. The second-order valence-corrected chi connectivity index (χ2v) is 8.50. The van der Waals surface area contributed by atoms with Gasteiger partial charge in [0.25, 0.3) is 10.0 Å². The minimum absolute atomic E-state index is 0.00853. The molecule has 0 saturated heterocycles. The number of rotatable bonds is 7. The molecule has 0 radical (unpaired) electrons. The van der Waals surface area contributed by atoms with Gasteiger partial charge >= 0.3 is 0 Å². The smallest absolute Gasteiger partial charge is 0.263 e. The van der Waals surface area contributed by atoms with Crippen molar-refractivity contribution in [3.05, 3.63) is 54.1 Å². The molecular formula is C20H21N5O5S. The number of aromatic nitrogens is 2. The van der Waals surface area contributed by atoms with Gasteiger partial charge in [-0.05, 0) is 47.9 Å². The summed E-state index contributed by atoms with van der Waals surface area (Å²) in [5.41, 5.74) is 1.52. The number of nitrogens with zero attached hydrogens (tertiary/aromatic N) is 4. The molecule has 3 rings (SSSR count). The van der Waals surface area contributed by atoms with E-state index < -0.39 is 10.0 Å². The number of anilines is 1. The molecule has 0 atom stereocenters. The highest BCUT2D eigenvalue weighted by Gasteiger charge is 2.15. The van der Waals surface area contributed by atoms with E-state index in [1.807, 2.05) is 13.8 Å². The molecule has 0 aliphatic heterocycles. The molecular weight excluding hydrogens is 422 g/mol. The van der Waals surface area contributed by atoms with Crippen LogP contribution in [0.2, 0.25) is 0 Å². The van der Waals surface area contributed by atoms with Crippen LogP contribution in [0.5, 0.6) is 17.4 Å². The van der Waals surface area contributed by atoms with Gasteiger partial charge in [-0.15, -0.1) is 10.2 Å². The van der Waals surface area contributed by atoms with Crippen LogP contribution in [0.4, 0.5) is 17.2 Å². The molecule has 1 aromatic heterocycles. The van der Waals surface area contributed by atoms with Crippen LogP contribution in [0.1, 0.15) is 25.3 Å². The summed E-state index contributed by atoms with van der Waals surface area (Å²) in [6, 6.07) is 11.4. The van der Waals surface area contributed by atoms with Crippen LogP contribution in [0.15, 0.2) is 63.7 Å². The van der Waals surface area contributed by atoms with Crippen molar-refractivity contribution in [1.82, 2.24) is 10.2 Å². The second kappa shape index (κ2) is 8.96. The van der Waals surface area contributed by atoms with Crippen LogP contribution in [-0.4, -0.2) is 35.9 Å². The highest BCUT2D eigenvalue weighted by molar-refractivity contribution is 7.92. The standard InChI is InChI=1S/C20H21N5O5S/c1-12(2)15-10-17(26)18(27)11-16(15)22-21-13-4-6-14(7-5-13)31(28,29)25-19-8-9-20(30-3)24-23-19/h4-12,26-27H,1-3H3,(H,23,25). The number of hydrogen-bond donors (Lipinski definition) is 3. The molecule has 0 spiro atoms. The van der Waals surface area contributed by atoms with E-state index in [1.165, 1.54) is 55.6 Å². The van der Waals surface area contributed by atoms with Crippen molar-refractivity contribution in [2.24, 2.45) is 10.2 Å². The van der Waals surface area contributed by atoms with E-state index >= 15 is 0 Å². The van der Waals surface area contributed by atoms with Gasteiger partial charge in [-0.2, -0.15) is 10.2 Å². The molecule has 0 bridgehead atoms. The van der Waals surface area contributed by atoms with E-state index in [1.54, 1.807) is 0 Å². The molecule has 0 unspecified atom stereocenters. The van der Waals surface area contributed by atoms with Crippen LogP contribution >= 0.6 is 0 Å². The molecule has 2 aromatic carbocycles. The summed E-state index contributed by atoms with van der Waals surface area (Å²) in [6.07, 6.45) is 0. The zero-order chi connectivity index (χ0) is 22.6. The van der Waals surface area contributed by atoms with Crippen LogP contribution in [-0.2, 0) is 10.0 Å². The number of ether oxygens (including phenoxy) is 1. The third-order valence-electron chi connectivity index (χ3n) is 4.25. The van der Waals surface area contributed by atoms with Gasteiger partial charge < -0.3 is 14.9 Å². The Morgan fingerprint density at radius 1 is 0.968 bits per heavy atom. The molecule has 1 heterocycles. The van der Waals surface area contributed by atoms with Gasteiger partial charge in [-0.3, -0.25) is 4.72 Å². The van der Waals surface area contributed by atoms with Gasteiger partial charge in [0.2, 0.25) is 5.88 Å². The minimum Gasteiger partial charge on any atom is -0.504 e. The Kier molecular flexibility index (Phi) is 6.35. The number of benzene rings is 2. The third-order valence-corrected chi connectivity index (χ3v) is 5.62. The van der Waals surface area contributed by atoms with Crippen molar-refractivity contribution in [2.45, 2.75) is 24.7 Å². The summed E-state index contributed by atoms with van der Waals surface area (Å²) in [7, 11) is -2.44. The summed E-state index contributed by atoms with van der Waals surface area (Å²) in [5, 5.41) is 35.1. The lowest BCUT2D eigenvalue weighted by Crippen LogP contribution is -2.14. The van der Waals surface area contributed by atoms with Gasteiger partial charge in [0.15, 0.2) is 17.3 Å². The largest absolute Gasteiger partial charge is 0.504 e. The number of aromatic hydroxyl groups is 2. The van der Waals surface area contributed by atoms with Gasteiger partial charge in [-0.1, -0.05) is 13.8 Å². The molecule has 10 nitrogen and oxygen atoms in total. The van der Waals surface area contributed by atoms with Crippen LogP contribution in [0.3, 0.4) is 0 Å². The Balaban J connectivity index is 1.79. The van der Waals surface area contributed by atoms with E-state index in [0.29, 0.717) is 16.9 Å². The maximum Gasteiger partial charge on any atom is 0.263 e. The van der Waals surface area contributed by atoms with E-state index in [4.69, 9.17) is 4.74 Å². The maximum atomic E-state index is 12.5. The van der Waals surface area contributed by atoms with Crippen molar-refractivity contribution < 1.29 is 23.4 Å². The zero-order valence-corrected chi connectivity index (χ0v) is 17.8. The van der Waals surface area contributed by atoms with Crippen molar-refractivity contribution in [3.8, 4) is 17.4 Å². The van der Waals surface area contributed by atoms with E-state index in [-0.39, 0.29) is 34.0 Å². The fourth-order valence-electron chi connectivity index (χ4n) is 2.61. The zero-order valence-electron chi connectivity index (χ0n) is 17.0. The number of sulfonamides is 1. The molecule has 3 aromatic rings. The predicted octanol–water partition coefficient (Wildman–Crippen LogP) is 4.24. The Labute approximate surface area is 179 Å². The highest BCUT2D eigenvalue weighted by atomic mass is 32.2. The van der Waals surface area contributed by atoms with Crippen molar-refractivity contribution in [2.75, 3.05) is 11.8 Å². The molecule has 11 heteroatoms. The molecule has 3 N–H and O–H groups in total. The highest BCUT2D eigenvalue weighted by Crippen LogP contribution is 2.37. The Morgan fingerprint density at radius 2 is 1.65 bits per heavy atom. The average molecular weight is 443 g/mol. The first-order chi connectivity index (χ1) is 14.7. The van der Waals surface area contributed by atoms with Crippen LogP contribution < -0.4 is 9.46 Å². The lowest BCUT2D eigenvalue weighted by Gasteiger charge is -2.10. The van der Waals surface area contributed by atoms with Crippen molar-refractivity contribution in [3.63, 3.8) is 0 Å². The minimum atomic E-state index is -3.87. The van der Waals surface area contributed by atoms with Gasteiger partial charge in [0.05, 0.1) is 23.4 Å². The Bertz CT molecular complexity index is 1190. The number of methoxy groups -OCH3 is 1. The Hall–Kier alpha value is -3.73. The van der Waals surface area contributed by atoms with E-state index in [2.05, 4.69) is 25.1 Å². The van der Waals surface area contributed by atoms with Gasteiger partial charge in [0, 0.05) is 12.1 Å². The number of phenols is 2. The number of nitrogens with one attached hydrogen (secondary N) is 1. The van der Waals surface area contributed by atoms with Crippen LogP contribution in [0.25, 0.3) is 0 Å². The Morgan fingerprint density at radius 3 is 2.23 bits per heavy atom.